The Morgan fingerprint density at radius 1 is 1.29 bits per heavy atom. The number of aromatic nitrogens is 2. The van der Waals surface area contributed by atoms with Gasteiger partial charge in [0.05, 0.1) is 5.69 Å². The zero-order valence-electron chi connectivity index (χ0n) is 9.27. The van der Waals surface area contributed by atoms with Crippen molar-refractivity contribution in [2.45, 2.75) is 58.3 Å². The van der Waals surface area contributed by atoms with E-state index in [1.807, 2.05) is 0 Å². The highest BCUT2D eigenvalue weighted by Gasteiger charge is 2.19. The van der Waals surface area contributed by atoms with E-state index in [0.717, 1.165) is 6.42 Å². The minimum absolute atomic E-state index is 0.711. The van der Waals surface area contributed by atoms with Crippen LogP contribution in [-0.2, 0) is 6.42 Å². The van der Waals surface area contributed by atoms with Gasteiger partial charge in [-0.25, -0.2) is 4.98 Å². The summed E-state index contributed by atoms with van der Waals surface area (Å²) in [6.07, 6.45) is 7.88. The molecule has 1 aromatic rings. The van der Waals surface area contributed by atoms with E-state index in [-0.39, 0.29) is 0 Å². The molecule has 0 spiro atoms. The maximum absolute atomic E-state index is 4.70. The van der Waals surface area contributed by atoms with Crippen molar-refractivity contribution in [1.29, 1.82) is 0 Å². The molecule has 1 aliphatic carbocycles. The highest BCUT2D eigenvalue weighted by atomic mass is 14.9. The molecule has 0 atom stereocenters. The van der Waals surface area contributed by atoms with Crippen LogP contribution in [0.25, 0.3) is 0 Å². The summed E-state index contributed by atoms with van der Waals surface area (Å²) in [6, 6.07) is 0. The Bertz CT molecular complexity index is 295. The third kappa shape index (κ3) is 1.84. The average Bonchev–Trinajstić information content (AvgIpc) is 2.61. The van der Waals surface area contributed by atoms with Gasteiger partial charge in [-0.1, -0.05) is 26.2 Å². The molecule has 78 valence electrons. The standard InChI is InChI=1S/C12H20N2/c1-3-11-9(2)13-12(14-11)10-7-5-4-6-8-10/h10H,3-8H2,1-2H3,(H,13,14). The van der Waals surface area contributed by atoms with Crippen LogP contribution in [0, 0.1) is 6.92 Å². The lowest BCUT2D eigenvalue weighted by molar-refractivity contribution is 0.430. The summed E-state index contributed by atoms with van der Waals surface area (Å²) in [5.74, 6) is 1.96. The fourth-order valence-electron chi connectivity index (χ4n) is 2.44. The Morgan fingerprint density at radius 2 is 2.00 bits per heavy atom. The lowest BCUT2D eigenvalue weighted by Gasteiger charge is -2.19. The van der Waals surface area contributed by atoms with E-state index in [4.69, 9.17) is 4.98 Å². The zero-order valence-corrected chi connectivity index (χ0v) is 9.27. The van der Waals surface area contributed by atoms with Gasteiger partial charge in [-0.2, -0.15) is 0 Å². The third-order valence-electron chi connectivity index (χ3n) is 3.33. The first-order chi connectivity index (χ1) is 6.81. The minimum Gasteiger partial charge on any atom is -0.346 e. The maximum atomic E-state index is 4.70. The van der Waals surface area contributed by atoms with Gasteiger partial charge < -0.3 is 4.98 Å². The topological polar surface area (TPSA) is 28.7 Å². The molecule has 2 heteroatoms. The summed E-state index contributed by atoms with van der Waals surface area (Å²) in [7, 11) is 0. The maximum Gasteiger partial charge on any atom is 0.109 e. The number of H-pyrrole nitrogens is 1. The Morgan fingerprint density at radius 3 is 2.57 bits per heavy atom. The second kappa shape index (κ2) is 4.16. The molecule has 14 heavy (non-hydrogen) atoms. The fraction of sp³-hybridized carbons (Fsp3) is 0.750. The molecule has 0 amide bonds. The molecule has 1 aliphatic rings. The van der Waals surface area contributed by atoms with Crippen molar-refractivity contribution < 1.29 is 0 Å². The summed E-state index contributed by atoms with van der Waals surface area (Å²) < 4.78 is 0. The summed E-state index contributed by atoms with van der Waals surface area (Å²) in [5, 5.41) is 0. The van der Waals surface area contributed by atoms with Crippen LogP contribution in [0.4, 0.5) is 0 Å². The lowest BCUT2D eigenvalue weighted by atomic mass is 9.89. The third-order valence-corrected chi connectivity index (χ3v) is 3.33. The molecule has 2 rings (SSSR count). The number of imidazole rings is 1. The SMILES string of the molecule is CCc1nc(C2CCCCC2)[nH]c1C. The van der Waals surface area contributed by atoms with Crippen LogP contribution in [0.3, 0.4) is 0 Å². The summed E-state index contributed by atoms with van der Waals surface area (Å²) in [6.45, 7) is 4.31. The summed E-state index contributed by atoms with van der Waals surface area (Å²) in [5.41, 5.74) is 2.53. The Balaban J connectivity index is 2.14. The summed E-state index contributed by atoms with van der Waals surface area (Å²) in [4.78, 5) is 8.15. The molecule has 0 aromatic carbocycles. The van der Waals surface area contributed by atoms with Crippen molar-refractivity contribution in [3.05, 3.63) is 17.2 Å². The quantitative estimate of drug-likeness (QED) is 0.765. The van der Waals surface area contributed by atoms with E-state index >= 15 is 0 Å². The Labute approximate surface area is 86.1 Å². The number of aryl methyl sites for hydroxylation is 2. The first kappa shape index (κ1) is 9.75. The van der Waals surface area contributed by atoms with Crippen LogP contribution in [-0.4, -0.2) is 9.97 Å². The molecule has 1 fully saturated rings. The van der Waals surface area contributed by atoms with E-state index in [1.54, 1.807) is 0 Å². The van der Waals surface area contributed by atoms with Gasteiger partial charge in [0.15, 0.2) is 0 Å². The largest absolute Gasteiger partial charge is 0.346 e. The second-order valence-corrected chi connectivity index (χ2v) is 4.38. The van der Waals surface area contributed by atoms with Gasteiger partial charge in [0.2, 0.25) is 0 Å². The molecular weight excluding hydrogens is 172 g/mol. The van der Waals surface area contributed by atoms with Gasteiger partial charge in [0.1, 0.15) is 5.82 Å². The minimum atomic E-state index is 0.711. The molecule has 0 unspecified atom stereocenters. The lowest BCUT2D eigenvalue weighted by Crippen LogP contribution is -2.06. The highest BCUT2D eigenvalue weighted by molar-refractivity contribution is 5.15. The van der Waals surface area contributed by atoms with Crippen LogP contribution in [0.2, 0.25) is 0 Å². The van der Waals surface area contributed by atoms with Crippen LogP contribution >= 0.6 is 0 Å². The molecule has 1 saturated carbocycles. The van der Waals surface area contributed by atoms with Gasteiger partial charge in [-0.05, 0) is 26.2 Å². The van der Waals surface area contributed by atoms with E-state index < -0.39 is 0 Å². The number of hydrogen-bond donors (Lipinski definition) is 1. The van der Waals surface area contributed by atoms with Gasteiger partial charge in [-0.15, -0.1) is 0 Å². The van der Waals surface area contributed by atoms with Gasteiger partial charge in [0.25, 0.3) is 0 Å². The zero-order chi connectivity index (χ0) is 9.97. The smallest absolute Gasteiger partial charge is 0.109 e. The molecule has 0 aliphatic heterocycles. The average molecular weight is 192 g/mol. The van der Waals surface area contributed by atoms with Crippen LogP contribution in [0.5, 0.6) is 0 Å². The molecule has 1 aromatic heterocycles. The molecule has 1 N–H and O–H groups in total. The second-order valence-electron chi connectivity index (χ2n) is 4.38. The number of rotatable bonds is 2. The Kier molecular flexibility index (Phi) is 2.90. The number of hydrogen-bond acceptors (Lipinski definition) is 1. The monoisotopic (exact) mass is 192 g/mol. The van der Waals surface area contributed by atoms with Crippen molar-refractivity contribution in [1.82, 2.24) is 9.97 Å². The van der Waals surface area contributed by atoms with E-state index in [1.165, 1.54) is 49.3 Å². The van der Waals surface area contributed by atoms with E-state index in [9.17, 15) is 0 Å². The normalized spacial score (nSPS) is 18.7. The predicted octanol–water partition coefficient (Wildman–Crippen LogP) is 3.33. The van der Waals surface area contributed by atoms with E-state index in [2.05, 4.69) is 18.8 Å². The van der Waals surface area contributed by atoms with Gasteiger partial charge in [-0.3, -0.25) is 0 Å². The fourth-order valence-corrected chi connectivity index (χ4v) is 2.44. The number of nitrogens with zero attached hydrogens (tertiary/aromatic N) is 1. The van der Waals surface area contributed by atoms with Crippen LogP contribution < -0.4 is 0 Å². The van der Waals surface area contributed by atoms with Crippen molar-refractivity contribution in [3.8, 4) is 0 Å². The van der Waals surface area contributed by atoms with Crippen molar-refractivity contribution in [3.63, 3.8) is 0 Å². The molecular formula is C12H20N2. The van der Waals surface area contributed by atoms with Crippen molar-refractivity contribution in [2.75, 3.05) is 0 Å². The van der Waals surface area contributed by atoms with Gasteiger partial charge in [0, 0.05) is 11.6 Å². The highest BCUT2D eigenvalue weighted by Crippen LogP contribution is 2.31. The predicted molar refractivity (Wildman–Crippen MR) is 58.5 cm³/mol. The first-order valence-electron chi connectivity index (χ1n) is 5.86. The molecule has 0 radical (unpaired) electrons. The molecule has 0 bridgehead atoms. The van der Waals surface area contributed by atoms with E-state index in [0.29, 0.717) is 5.92 Å². The first-order valence-corrected chi connectivity index (χ1v) is 5.86. The molecule has 0 saturated heterocycles. The summed E-state index contributed by atoms with van der Waals surface area (Å²) >= 11 is 0. The number of aromatic amines is 1. The molecule has 1 heterocycles. The van der Waals surface area contributed by atoms with Crippen molar-refractivity contribution >= 4 is 0 Å². The number of nitrogens with one attached hydrogen (secondary N) is 1. The van der Waals surface area contributed by atoms with Crippen LogP contribution in [0.1, 0.15) is 62.2 Å². The Hall–Kier alpha value is -0.790. The van der Waals surface area contributed by atoms with Crippen LogP contribution in [0.15, 0.2) is 0 Å². The molecule has 2 nitrogen and oxygen atoms in total. The van der Waals surface area contributed by atoms with Gasteiger partial charge >= 0.3 is 0 Å². The van der Waals surface area contributed by atoms with Crippen molar-refractivity contribution in [2.24, 2.45) is 0 Å².